The third-order valence-corrected chi connectivity index (χ3v) is 5.37. The molecule has 2 rings (SSSR count). The molecule has 1 aromatic rings. The van der Waals surface area contributed by atoms with Crippen LogP contribution in [0.4, 0.5) is 0 Å². The van der Waals surface area contributed by atoms with Gasteiger partial charge < -0.3 is 9.64 Å². The number of methoxy groups -OCH3 is 1. The number of sulfone groups is 1. The van der Waals surface area contributed by atoms with E-state index in [1.807, 2.05) is 24.3 Å². The Morgan fingerprint density at radius 1 is 1.43 bits per heavy atom. The fourth-order valence-electron chi connectivity index (χ4n) is 2.45. The van der Waals surface area contributed by atoms with E-state index in [4.69, 9.17) is 4.74 Å². The molecule has 114 valence electrons. The second-order valence-electron chi connectivity index (χ2n) is 5.08. The molecule has 0 radical (unpaired) electrons. The van der Waals surface area contributed by atoms with Gasteiger partial charge in [-0.2, -0.15) is 0 Å². The maximum Gasteiger partial charge on any atom is 0.246 e. The van der Waals surface area contributed by atoms with Gasteiger partial charge in [-0.25, -0.2) is 8.42 Å². The van der Waals surface area contributed by atoms with E-state index in [-0.39, 0.29) is 23.5 Å². The minimum Gasteiger partial charge on any atom is -0.497 e. The Morgan fingerprint density at radius 2 is 2.10 bits per heavy atom. The van der Waals surface area contributed by atoms with Crippen molar-refractivity contribution in [2.75, 3.05) is 18.6 Å². The summed E-state index contributed by atoms with van der Waals surface area (Å²) in [5.74, 6) is 0.668. The lowest BCUT2D eigenvalue weighted by Gasteiger charge is -2.27. The number of amides is 1. The molecule has 0 unspecified atom stereocenters. The Balaban J connectivity index is 2.16. The summed E-state index contributed by atoms with van der Waals surface area (Å²) >= 11 is 0. The minimum atomic E-state index is -3.03. The molecule has 1 aliphatic rings. The lowest BCUT2D eigenvalue weighted by Crippen LogP contribution is -2.39. The lowest BCUT2D eigenvalue weighted by molar-refractivity contribution is -0.128. The quantitative estimate of drug-likeness (QED) is 0.771. The van der Waals surface area contributed by atoms with Crippen LogP contribution in [0.5, 0.6) is 5.75 Å². The Morgan fingerprint density at radius 3 is 2.57 bits per heavy atom. The van der Waals surface area contributed by atoms with Crippen LogP contribution in [-0.4, -0.2) is 43.9 Å². The molecule has 1 atom stereocenters. The van der Waals surface area contributed by atoms with Gasteiger partial charge in [0, 0.05) is 12.6 Å². The smallest absolute Gasteiger partial charge is 0.246 e. The maximum absolute atomic E-state index is 12.0. The lowest BCUT2D eigenvalue weighted by atomic mass is 10.1. The number of hydrogen-bond donors (Lipinski definition) is 0. The third-order valence-electron chi connectivity index (χ3n) is 3.62. The predicted octanol–water partition coefficient (Wildman–Crippen LogP) is 1.40. The molecule has 0 bridgehead atoms. The van der Waals surface area contributed by atoms with Crippen LogP contribution < -0.4 is 4.74 Å². The topological polar surface area (TPSA) is 63.7 Å². The fourth-order valence-corrected chi connectivity index (χ4v) is 4.18. The van der Waals surface area contributed by atoms with Gasteiger partial charge in [0.15, 0.2) is 9.84 Å². The molecule has 1 amide bonds. The number of hydrogen-bond acceptors (Lipinski definition) is 4. The van der Waals surface area contributed by atoms with Crippen molar-refractivity contribution in [3.8, 4) is 5.75 Å². The van der Waals surface area contributed by atoms with E-state index in [1.54, 1.807) is 12.0 Å². The van der Waals surface area contributed by atoms with Gasteiger partial charge >= 0.3 is 0 Å². The zero-order valence-corrected chi connectivity index (χ0v) is 12.8. The molecule has 0 aromatic heterocycles. The van der Waals surface area contributed by atoms with Crippen LogP contribution in [0.2, 0.25) is 0 Å². The van der Waals surface area contributed by atoms with Crippen molar-refractivity contribution in [1.29, 1.82) is 0 Å². The van der Waals surface area contributed by atoms with Crippen molar-refractivity contribution in [2.24, 2.45) is 0 Å². The van der Waals surface area contributed by atoms with E-state index in [0.29, 0.717) is 13.0 Å². The number of rotatable bonds is 5. The van der Waals surface area contributed by atoms with Crippen LogP contribution in [0.1, 0.15) is 12.0 Å². The molecule has 1 saturated heterocycles. The summed E-state index contributed by atoms with van der Waals surface area (Å²) in [4.78, 5) is 13.6. The normalized spacial score (nSPS) is 20.0. The van der Waals surface area contributed by atoms with E-state index in [2.05, 4.69) is 6.58 Å². The first-order valence-corrected chi connectivity index (χ1v) is 8.53. The highest BCUT2D eigenvalue weighted by Crippen LogP contribution is 2.21. The highest BCUT2D eigenvalue weighted by molar-refractivity contribution is 7.91. The minimum absolute atomic E-state index is 0.0305. The van der Waals surface area contributed by atoms with E-state index in [9.17, 15) is 13.2 Å². The van der Waals surface area contributed by atoms with Crippen molar-refractivity contribution in [2.45, 2.75) is 19.0 Å². The zero-order chi connectivity index (χ0) is 15.5. The summed E-state index contributed by atoms with van der Waals surface area (Å²) in [5, 5.41) is 0. The molecule has 1 fully saturated rings. The number of ether oxygens (including phenoxy) is 1. The van der Waals surface area contributed by atoms with E-state index >= 15 is 0 Å². The van der Waals surface area contributed by atoms with E-state index in [1.165, 1.54) is 6.08 Å². The summed E-state index contributed by atoms with van der Waals surface area (Å²) in [7, 11) is -1.44. The van der Waals surface area contributed by atoms with Gasteiger partial charge in [-0.1, -0.05) is 18.7 Å². The molecule has 5 nitrogen and oxygen atoms in total. The van der Waals surface area contributed by atoms with Crippen molar-refractivity contribution in [1.82, 2.24) is 4.90 Å². The molecule has 0 saturated carbocycles. The van der Waals surface area contributed by atoms with E-state index < -0.39 is 9.84 Å². The molecule has 21 heavy (non-hydrogen) atoms. The molecular formula is C15H19NO4S. The summed E-state index contributed by atoms with van der Waals surface area (Å²) in [6.07, 6.45) is 1.71. The third kappa shape index (κ3) is 3.85. The van der Waals surface area contributed by atoms with Crippen LogP contribution in [0.15, 0.2) is 36.9 Å². The highest BCUT2D eigenvalue weighted by atomic mass is 32.2. The van der Waals surface area contributed by atoms with Gasteiger partial charge in [-0.15, -0.1) is 0 Å². The average molecular weight is 309 g/mol. The number of benzene rings is 1. The Kier molecular flexibility index (Phi) is 4.67. The molecule has 1 heterocycles. The second kappa shape index (κ2) is 6.30. The van der Waals surface area contributed by atoms with Crippen LogP contribution in [0.3, 0.4) is 0 Å². The SMILES string of the molecule is C=CC(=O)N(Cc1ccc(OC)cc1)[C@@H]1CCS(=O)(=O)C1. The van der Waals surface area contributed by atoms with E-state index in [0.717, 1.165) is 11.3 Å². The molecule has 0 aliphatic carbocycles. The Bertz CT molecular complexity index is 622. The van der Waals surface area contributed by atoms with Gasteiger partial charge in [-0.3, -0.25) is 4.79 Å². The molecule has 1 aliphatic heterocycles. The Labute approximate surface area is 125 Å². The first-order valence-electron chi connectivity index (χ1n) is 6.71. The van der Waals surface area contributed by atoms with Gasteiger partial charge in [0.25, 0.3) is 0 Å². The maximum atomic E-state index is 12.0. The van der Waals surface area contributed by atoms with Gasteiger partial charge in [0.1, 0.15) is 5.75 Å². The number of nitrogens with zero attached hydrogens (tertiary/aromatic N) is 1. The molecule has 1 aromatic carbocycles. The van der Waals surface area contributed by atoms with Crippen LogP contribution >= 0.6 is 0 Å². The molecule has 6 heteroatoms. The first-order chi connectivity index (χ1) is 9.95. The van der Waals surface area contributed by atoms with Crippen LogP contribution in [0, 0.1) is 0 Å². The second-order valence-corrected chi connectivity index (χ2v) is 7.30. The standard InChI is InChI=1S/C15H19NO4S/c1-3-15(17)16(13-8-9-21(18,19)11-13)10-12-4-6-14(20-2)7-5-12/h3-7,13H,1,8-11H2,2H3/t13-/m1/s1. The van der Waals surface area contributed by atoms with Crippen LogP contribution in [-0.2, 0) is 21.2 Å². The van der Waals surface area contributed by atoms with Gasteiger partial charge in [-0.05, 0) is 30.2 Å². The number of carbonyl (C=O) groups excluding carboxylic acids is 1. The average Bonchev–Trinajstić information content (AvgIpc) is 2.84. The number of carbonyl (C=O) groups is 1. The predicted molar refractivity (Wildman–Crippen MR) is 80.8 cm³/mol. The summed E-state index contributed by atoms with van der Waals surface area (Å²) in [6.45, 7) is 3.87. The van der Waals surface area contributed by atoms with Crippen molar-refractivity contribution < 1.29 is 17.9 Å². The zero-order valence-electron chi connectivity index (χ0n) is 12.0. The monoisotopic (exact) mass is 309 g/mol. The van der Waals surface area contributed by atoms with Gasteiger partial charge in [0.2, 0.25) is 5.91 Å². The van der Waals surface area contributed by atoms with Crippen molar-refractivity contribution >= 4 is 15.7 Å². The highest BCUT2D eigenvalue weighted by Gasteiger charge is 2.33. The molecule has 0 N–H and O–H groups in total. The first kappa shape index (κ1) is 15.6. The molecule has 0 spiro atoms. The summed E-state index contributed by atoms with van der Waals surface area (Å²) < 4.78 is 28.3. The van der Waals surface area contributed by atoms with Crippen molar-refractivity contribution in [3.05, 3.63) is 42.5 Å². The van der Waals surface area contributed by atoms with Gasteiger partial charge in [0.05, 0.1) is 18.6 Å². The largest absolute Gasteiger partial charge is 0.497 e. The van der Waals surface area contributed by atoms with Crippen molar-refractivity contribution in [3.63, 3.8) is 0 Å². The molecular weight excluding hydrogens is 290 g/mol. The summed E-state index contributed by atoms with van der Waals surface area (Å²) in [5.41, 5.74) is 0.926. The fraction of sp³-hybridized carbons (Fsp3) is 0.400. The summed E-state index contributed by atoms with van der Waals surface area (Å²) in [6, 6.07) is 7.09. The van der Waals surface area contributed by atoms with Crippen LogP contribution in [0.25, 0.3) is 0 Å². The Hall–Kier alpha value is -1.82.